The van der Waals surface area contributed by atoms with Crippen molar-refractivity contribution < 1.29 is 14.6 Å². The van der Waals surface area contributed by atoms with Gasteiger partial charge in [0.05, 0.1) is 13.2 Å². The summed E-state index contributed by atoms with van der Waals surface area (Å²) in [5.74, 6) is -0.0790. The minimum Gasteiger partial charge on any atom is -0.495 e. The van der Waals surface area contributed by atoms with Gasteiger partial charge in [-0.15, -0.1) is 0 Å². The molecule has 0 radical (unpaired) electrons. The largest absolute Gasteiger partial charge is 0.495 e. The number of ether oxygens (including phenoxy) is 2. The zero-order valence-corrected chi connectivity index (χ0v) is 9.40. The molecule has 88 valence electrons. The van der Waals surface area contributed by atoms with E-state index in [1.54, 1.807) is 20.4 Å². The van der Waals surface area contributed by atoms with Crippen molar-refractivity contribution in [1.82, 2.24) is 10.2 Å². The van der Waals surface area contributed by atoms with Crippen LogP contribution < -0.4 is 5.32 Å². The molecule has 0 aliphatic rings. The van der Waals surface area contributed by atoms with Gasteiger partial charge in [-0.1, -0.05) is 0 Å². The monoisotopic (exact) mass is 216 g/mol. The molecule has 0 bridgehead atoms. The Balaban J connectivity index is 3.87. The van der Waals surface area contributed by atoms with E-state index in [0.29, 0.717) is 13.2 Å². The Morgan fingerprint density at radius 1 is 1.33 bits per heavy atom. The van der Waals surface area contributed by atoms with Crippen molar-refractivity contribution in [3.05, 3.63) is 24.9 Å². The van der Waals surface area contributed by atoms with Crippen molar-refractivity contribution in [1.29, 1.82) is 0 Å². The molecule has 0 aliphatic carbocycles. The minimum absolute atomic E-state index is 0.0790. The summed E-state index contributed by atoms with van der Waals surface area (Å²) in [6, 6.07) is 0. The number of aliphatic hydroxyl groups is 1. The number of nitrogens with zero attached hydrogens (tertiary/aromatic N) is 1. The first-order valence-electron chi connectivity index (χ1n) is 4.73. The van der Waals surface area contributed by atoms with Gasteiger partial charge in [0.1, 0.15) is 0 Å². The fourth-order valence-corrected chi connectivity index (χ4v) is 0.917. The fourth-order valence-electron chi connectivity index (χ4n) is 0.917. The van der Waals surface area contributed by atoms with Crippen LogP contribution in [0.15, 0.2) is 24.9 Å². The second-order valence-electron chi connectivity index (χ2n) is 2.93. The number of hydrogen-bond acceptors (Lipinski definition) is 5. The number of nitrogens with one attached hydrogen (secondary N) is 1. The van der Waals surface area contributed by atoms with Gasteiger partial charge >= 0.3 is 0 Å². The third kappa shape index (κ3) is 9.11. The van der Waals surface area contributed by atoms with Crippen molar-refractivity contribution in [2.75, 3.05) is 40.5 Å². The molecule has 0 atom stereocenters. The van der Waals surface area contributed by atoms with Crippen molar-refractivity contribution in [3.8, 4) is 0 Å². The third-order valence-corrected chi connectivity index (χ3v) is 1.70. The van der Waals surface area contributed by atoms with Crippen LogP contribution in [0.1, 0.15) is 0 Å². The molecule has 0 saturated heterocycles. The maximum Gasteiger partial charge on any atom is 0.180 e. The summed E-state index contributed by atoms with van der Waals surface area (Å²) in [6.45, 7) is 6.14. The molecule has 0 fully saturated rings. The van der Waals surface area contributed by atoms with E-state index in [9.17, 15) is 0 Å². The Bertz CT molecular complexity index is 187. The fraction of sp³-hybridized carbons (Fsp3) is 0.600. The maximum atomic E-state index is 8.79. The molecule has 0 spiro atoms. The summed E-state index contributed by atoms with van der Waals surface area (Å²) in [5.41, 5.74) is 0. The highest BCUT2D eigenvalue weighted by atomic mass is 16.5. The van der Waals surface area contributed by atoms with Crippen LogP contribution in [0.3, 0.4) is 0 Å². The van der Waals surface area contributed by atoms with E-state index >= 15 is 0 Å². The van der Waals surface area contributed by atoms with Crippen LogP contribution >= 0.6 is 0 Å². The van der Waals surface area contributed by atoms with Crippen LogP contribution in [-0.2, 0) is 9.47 Å². The molecule has 0 saturated carbocycles. The minimum atomic E-state index is -0.0790. The second-order valence-corrected chi connectivity index (χ2v) is 2.93. The summed E-state index contributed by atoms with van der Waals surface area (Å²) in [6.07, 6.45) is 3.44. The van der Waals surface area contributed by atoms with Crippen LogP contribution in [0.4, 0.5) is 0 Å². The molecule has 0 amide bonds. The highest BCUT2D eigenvalue weighted by molar-refractivity contribution is 4.88. The van der Waals surface area contributed by atoms with Gasteiger partial charge in [0.15, 0.2) is 5.88 Å². The Morgan fingerprint density at radius 3 is 2.27 bits per heavy atom. The molecule has 0 rings (SSSR count). The predicted molar refractivity (Wildman–Crippen MR) is 59.4 cm³/mol. The molecular formula is C10H20N2O3. The second kappa shape index (κ2) is 9.36. The molecule has 15 heavy (non-hydrogen) atoms. The van der Waals surface area contributed by atoms with E-state index in [4.69, 9.17) is 14.6 Å². The summed E-state index contributed by atoms with van der Waals surface area (Å²) in [5, 5.41) is 11.4. The van der Waals surface area contributed by atoms with Gasteiger partial charge in [0.25, 0.3) is 0 Å². The van der Waals surface area contributed by atoms with E-state index in [1.165, 1.54) is 0 Å². The summed E-state index contributed by atoms with van der Waals surface area (Å²) >= 11 is 0. The van der Waals surface area contributed by atoms with Crippen LogP contribution in [0.25, 0.3) is 0 Å². The Labute approximate surface area is 91.0 Å². The average molecular weight is 216 g/mol. The summed E-state index contributed by atoms with van der Waals surface area (Å²) in [4.78, 5) is 2.02. The standard InChI is InChI=1S/C10H20N2O3/c1-10(13)11-4-5-12(6-8-14-2)7-9-15-3/h4-5,11,13H,1,6-9H2,2-3H3/b5-4+. The molecule has 0 unspecified atom stereocenters. The normalized spacial score (nSPS) is 10.5. The lowest BCUT2D eigenvalue weighted by Gasteiger charge is -2.19. The number of rotatable bonds is 9. The first kappa shape index (κ1) is 13.8. The average Bonchev–Trinajstić information content (AvgIpc) is 2.20. The van der Waals surface area contributed by atoms with Gasteiger partial charge in [-0.2, -0.15) is 0 Å². The third-order valence-electron chi connectivity index (χ3n) is 1.70. The first-order chi connectivity index (χ1) is 7.20. The Morgan fingerprint density at radius 2 is 1.87 bits per heavy atom. The lowest BCUT2D eigenvalue weighted by atomic mass is 10.5. The van der Waals surface area contributed by atoms with Gasteiger partial charge in [0, 0.05) is 39.7 Å². The smallest absolute Gasteiger partial charge is 0.180 e. The van der Waals surface area contributed by atoms with Gasteiger partial charge in [-0.05, 0) is 6.58 Å². The molecule has 0 aromatic heterocycles. The molecule has 0 aliphatic heterocycles. The van der Waals surface area contributed by atoms with Crippen LogP contribution in [0.2, 0.25) is 0 Å². The van der Waals surface area contributed by atoms with Crippen molar-refractivity contribution in [2.45, 2.75) is 0 Å². The molecule has 2 N–H and O–H groups in total. The quantitative estimate of drug-likeness (QED) is 0.555. The van der Waals surface area contributed by atoms with E-state index < -0.39 is 0 Å². The SMILES string of the molecule is C=C(O)N/C=C/N(CCOC)CCOC. The maximum absolute atomic E-state index is 8.79. The van der Waals surface area contributed by atoms with E-state index in [1.807, 2.05) is 11.1 Å². The molecular weight excluding hydrogens is 196 g/mol. The van der Waals surface area contributed by atoms with Crippen LogP contribution in [0, 0.1) is 0 Å². The first-order valence-corrected chi connectivity index (χ1v) is 4.73. The van der Waals surface area contributed by atoms with Gasteiger partial charge in [0.2, 0.25) is 0 Å². The Hall–Kier alpha value is -1.20. The number of methoxy groups -OCH3 is 2. The zero-order valence-electron chi connectivity index (χ0n) is 9.40. The lowest BCUT2D eigenvalue weighted by molar-refractivity contribution is 0.137. The van der Waals surface area contributed by atoms with Crippen LogP contribution in [0.5, 0.6) is 0 Å². The molecule has 5 nitrogen and oxygen atoms in total. The Kier molecular flexibility index (Phi) is 8.61. The number of aliphatic hydroxyl groups excluding tert-OH is 1. The molecule has 0 aromatic carbocycles. The van der Waals surface area contributed by atoms with Crippen molar-refractivity contribution >= 4 is 0 Å². The van der Waals surface area contributed by atoms with Crippen molar-refractivity contribution in [3.63, 3.8) is 0 Å². The highest BCUT2D eigenvalue weighted by Gasteiger charge is 1.97. The molecule has 0 aromatic rings. The van der Waals surface area contributed by atoms with Gasteiger partial charge < -0.3 is 24.8 Å². The van der Waals surface area contributed by atoms with Crippen LogP contribution in [-0.4, -0.2) is 50.5 Å². The summed E-state index contributed by atoms with van der Waals surface area (Å²) < 4.78 is 9.95. The zero-order chi connectivity index (χ0) is 11.5. The van der Waals surface area contributed by atoms with E-state index in [-0.39, 0.29) is 5.88 Å². The number of hydrogen-bond donors (Lipinski definition) is 2. The molecule has 0 heterocycles. The van der Waals surface area contributed by atoms with E-state index in [2.05, 4.69) is 11.9 Å². The molecule has 5 heteroatoms. The van der Waals surface area contributed by atoms with Gasteiger partial charge in [-0.25, -0.2) is 0 Å². The van der Waals surface area contributed by atoms with Crippen molar-refractivity contribution in [2.24, 2.45) is 0 Å². The predicted octanol–water partition coefficient (Wildman–Crippen LogP) is 0.671. The van der Waals surface area contributed by atoms with E-state index in [0.717, 1.165) is 13.1 Å². The highest BCUT2D eigenvalue weighted by Crippen LogP contribution is 1.90. The summed E-state index contributed by atoms with van der Waals surface area (Å²) in [7, 11) is 3.32. The van der Waals surface area contributed by atoms with Gasteiger partial charge in [-0.3, -0.25) is 0 Å². The topological polar surface area (TPSA) is 54.0 Å². The lowest BCUT2D eigenvalue weighted by Crippen LogP contribution is -2.26.